The summed E-state index contributed by atoms with van der Waals surface area (Å²) in [5.74, 6) is 0.582. The number of hydrogen-bond donors (Lipinski definition) is 0. The summed E-state index contributed by atoms with van der Waals surface area (Å²) in [6.07, 6.45) is 2.12. The van der Waals surface area contributed by atoms with Crippen LogP contribution in [-0.4, -0.2) is 45.3 Å². The molecule has 0 aliphatic carbocycles. The molecule has 2 aromatic carbocycles. The van der Waals surface area contributed by atoms with Crippen LogP contribution in [-0.2, 0) is 4.84 Å². The van der Waals surface area contributed by atoms with Crippen LogP contribution < -0.4 is 0 Å². The molecule has 0 spiro atoms. The normalized spacial score (nSPS) is 16.8. The van der Waals surface area contributed by atoms with E-state index in [1.807, 2.05) is 66.7 Å². The molecule has 8 heteroatoms. The van der Waals surface area contributed by atoms with Gasteiger partial charge in [-0.1, -0.05) is 58.8 Å². The van der Waals surface area contributed by atoms with Crippen molar-refractivity contribution in [3.05, 3.63) is 90.4 Å². The van der Waals surface area contributed by atoms with Crippen LogP contribution in [0.4, 0.5) is 0 Å². The SMILES string of the molecule is CO/N=C1\CC(c2noc(-c3ccccn3)n2)N(C(=O)c2ccc(-c3ccccc3)cc2)C1. The number of aromatic nitrogens is 3. The zero-order valence-corrected chi connectivity index (χ0v) is 18.0. The lowest BCUT2D eigenvalue weighted by atomic mass is 10.0. The molecule has 1 saturated heterocycles. The summed E-state index contributed by atoms with van der Waals surface area (Å²) in [4.78, 5) is 28.8. The molecule has 33 heavy (non-hydrogen) atoms. The summed E-state index contributed by atoms with van der Waals surface area (Å²) in [6.45, 7) is 0.325. The summed E-state index contributed by atoms with van der Waals surface area (Å²) in [6, 6.07) is 22.6. The highest BCUT2D eigenvalue weighted by Crippen LogP contribution is 2.32. The van der Waals surface area contributed by atoms with E-state index in [-0.39, 0.29) is 5.91 Å². The largest absolute Gasteiger partial charge is 0.399 e. The van der Waals surface area contributed by atoms with Gasteiger partial charge in [0.15, 0.2) is 5.82 Å². The van der Waals surface area contributed by atoms with E-state index < -0.39 is 6.04 Å². The Morgan fingerprint density at radius 2 is 1.79 bits per heavy atom. The molecular weight excluding hydrogens is 418 g/mol. The third-order valence-electron chi connectivity index (χ3n) is 5.50. The molecule has 5 rings (SSSR count). The van der Waals surface area contributed by atoms with E-state index in [0.29, 0.717) is 35.9 Å². The van der Waals surface area contributed by atoms with Gasteiger partial charge in [-0.15, -0.1) is 0 Å². The second-order valence-corrected chi connectivity index (χ2v) is 7.61. The second-order valence-electron chi connectivity index (χ2n) is 7.61. The Bertz CT molecular complexity index is 1270. The summed E-state index contributed by atoms with van der Waals surface area (Å²) in [5.41, 5.74) is 4.03. The smallest absolute Gasteiger partial charge is 0.276 e. The molecule has 4 aromatic rings. The van der Waals surface area contributed by atoms with Crippen molar-refractivity contribution in [2.75, 3.05) is 13.7 Å². The van der Waals surface area contributed by atoms with Gasteiger partial charge in [0.2, 0.25) is 0 Å². The number of pyridine rings is 1. The fraction of sp³-hybridized carbons (Fsp3) is 0.160. The molecule has 0 N–H and O–H groups in total. The van der Waals surface area contributed by atoms with Crippen molar-refractivity contribution in [1.29, 1.82) is 0 Å². The summed E-state index contributed by atoms with van der Waals surface area (Å²) in [5, 5.41) is 8.20. The summed E-state index contributed by atoms with van der Waals surface area (Å²) in [7, 11) is 1.49. The third kappa shape index (κ3) is 4.23. The second kappa shape index (κ2) is 9.04. The van der Waals surface area contributed by atoms with Gasteiger partial charge in [0.1, 0.15) is 18.8 Å². The minimum absolute atomic E-state index is 0.134. The van der Waals surface area contributed by atoms with Gasteiger partial charge in [-0.2, -0.15) is 4.98 Å². The maximum atomic E-state index is 13.4. The van der Waals surface area contributed by atoms with Crippen molar-refractivity contribution in [3.63, 3.8) is 0 Å². The number of oxime groups is 1. The van der Waals surface area contributed by atoms with Gasteiger partial charge in [-0.3, -0.25) is 9.78 Å². The topological polar surface area (TPSA) is 93.7 Å². The number of likely N-dealkylation sites (tertiary alicyclic amines) is 1. The molecule has 3 heterocycles. The maximum Gasteiger partial charge on any atom is 0.276 e. The van der Waals surface area contributed by atoms with Crippen LogP contribution in [0.15, 0.2) is 88.7 Å². The zero-order valence-electron chi connectivity index (χ0n) is 18.0. The van der Waals surface area contributed by atoms with Gasteiger partial charge in [0.05, 0.1) is 12.3 Å². The summed E-state index contributed by atoms with van der Waals surface area (Å²) < 4.78 is 5.42. The Kier molecular flexibility index (Phi) is 5.63. The van der Waals surface area contributed by atoms with Crippen LogP contribution in [0.5, 0.6) is 0 Å². The lowest BCUT2D eigenvalue weighted by molar-refractivity contribution is 0.0732. The molecule has 0 saturated carbocycles. The van der Waals surface area contributed by atoms with E-state index in [2.05, 4.69) is 20.3 Å². The number of hydrogen-bond acceptors (Lipinski definition) is 7. The van der Waals surface area contributed by atoms with Crippen molar-refractivity contribution < 1.29 is 14.2 Å². The van der Waals surface area contributed by atoms with Crippen LogP contribution in [0.25, 0.3) is 22.7 Å². The molecule has 1 aliphatic rings. The van der Waals surface area contributed by atoms with E-state index in [9.17, 15) is 4.79 Å². The Morgan fingerprint density at radius 1 is 1.03 bits per heavy atom. The molecule has 164 valence electrons. The minimum Gasteiger partial charge on any atom is -0.399 e. The molecule has 1 amide bonds. The van der Waals surface area contributed by atoms with Gasteiger partial charge < -0.3 is 14.3 Å². The molecule has 0 bridgehead atoms. The van der Waals surface area contributed by atoms with Crippen LogP contribution >= 0.6 is 0 Å². The summed E-state index contributed by atoms with van der Waals surface area (Å²) >= 11 is 0. The Balaban J connectivity index is 1.42. The number of benzene rings is 2. The number of amides is 1. The van der Waals surface area contributed by atoms with E-state index in [0.717, 1.165) is 16.8 Å². The quantitative estimate of drug-likeness (QED) is 0.428. The average molecular weight is 439 g/mol. The number of nitrogens with zero attached hydrogens (tertiary/aromatic N) is 5. The minimum atomic E-state index is -0.415. The average Bonchev–Trinajstić information content (AvgIpc) is 3.53. The zero-order chi connectivity index (χ0) is 22.6. The number of carbonyl (C=O) groups is 1. The molecule has 1 unspecified atom stereocenters. The van der Waals surface area contributed by atoms with Gasteiger partial charge in [-0.05, 0) is 35.4 Å². The molecular formula is C25H21N5O3. The van der Waals surface area contributed by atoms with E-state index in [1.54, 1.807) is 17.2 Å². The first-order valence-corrected chi connectivity index (χ1v) is 10.5. The van der Waals surface area contributed by atoms with Crippen LogP contribution in [0.1, 0.15) is 28.6 Å². The molecule has 8 nitrogen and oxygen atoms in total. The predicted molar refractivity (Wildman–Crippen MR) is 122 cm³/mol. The first-order chi connectivity index (χ1) is 16.2. The highest BCUT2D eigenvalue weighted by Gasteiger charge is 2.38. The molecule has 1 aliphatic heterocycles. The molecule has 1 fully saturated rings. The van der Waals surface area contributed by atoms with Crippen molar-refractivity contribution in [1.82, 2.24) is 20.0 Å². The number of rotatable bonds is 5. The van der Waals surface area contributed by atoms with Crippen LogP contribution in [0, 0.1) is 0 Å². The van der Waals surface area contributed by atoms with Gasteiger partial charge >= 0.3 is 0 Å². The Labute approximate surface area is 190 Å². The highest BCUT2D eigenvalue weighted by atomic mass is 16.6. The first kappa shape index (κ1) is 20.6. The van der Waals surface area contributed by atoms with E-state index >= 15 is 0 Å². The molecule has 1 atom stereocenters. The van der Waals surface area contributed by atoms with E-state index in [1.165, 1.54) is 7.11 Å². The Hall–Kier alpha value is -4.33. The van der Waals surface area contributed by atoms with Crippen molar-refractivity contribution in [2.45, 2.75) is 12.5 Å². The molecule has 0 radical (unpaired) electrons. The molecule has 2 aromatic heterocycles. The fourth-order valence-corrected chi connectivity index (χ4v) is 3.91. The fourth-order valence-electron chi connectivity index (χ4n) is 3.91. The monoisotopic (exact) mass is 439 g/mol. The van der Waals surface area contributed by atoms with Gasteiger partial charge in [-0.25, -0.2) is 0 Å². The van der Waals surface area contributed by atoms with E-state index in [4.69, 9.17) is 9.36 Å². The first-order valence-electron chi connectivity index (χ1n) is 10.5. The predicted octanol–water partition coefficient (Wildman–Crippen LogP) is 4.39. The van der Waals surface area contributed by atoms with Crippen LogP contribution in [0.2, 0.25) is 0 Å². The van der Waals surface area contributed by atoms with Gasteiger partial charge in [0, 0.05) is 18.2 Å². The van der Waals surface area contributed by atoms with Crippen molar-refractivity contribution in [3.8, 4) is 22.7 Å². The van der Waals surface area contributed by atoms with Crippen molar-refractivity contribution >= 4 is 11.6 Å². The third-order valence-corrected chi connectivity index (χ3v) is 5.50. The van der Waals surface area contributed by atoms with Gasteiger partial charge in [0.25, 0.3) is 11.8 Å². The van der Waals surface area contributed by atoms with Crippen molar-refractivity contribution in [2.24, 2.45) is 5.16 Å². The number of carbonyl (C=O) groups excluding carboxylic acids is 1. The highest BCUT2D eigenvalue weighted by molar-refractivity contribution is 6.00. The van der Waals surface area contributed by atoms with Crippen LogP contribution in [0.3, 0.4) is 0 Å². The lowest BCUT2D eigenvalue weighted by Crippen LogP contribution is -2.31. The lowest BCUT2D eigenvalue weighted by Gasteiger charge is -2.21. The Morgan fingerprint density at radius 3 is 2.52 bits per heavy atom. The maximum absolute atomic E-state index is 13.4. The standard InChI is InChI=1S/C25H21N5O3/c1-32-28-20-15-22(23-27-24(33-29-23)21-9-5-6-14-26-21)30(16-20)25(31)19-12-10-18(11-13-19)17-7-3-2-4-8-17/h2-14,22H,15-16H2,1H3/b28-20+.